The third-order valence-corrected chi connectivity index (χ3v) is 13.5. The third-order valence-electron chi connectivity index (χ3n) is 12.5. The van der Waals surface area contributed by atoms with Crippen molar-refractivity contribution in [2.75, 3.05) is 84.2 Å². The number of carbonyl (C=O) groups excluding carboxylic acids is 8. The van der Waals surface area contributed by atoms with E-state index in [-0.39, 0.29) is 112 Å². The van der Waals surface area contributed by atoms with E-state index in [0.717, 1.165) is 23.1 Å². The number of amides is 9. The van der Waals surface area contributed by atoms with Gasteiger partial charge in [-0.1, -0.05) is 12.1 Å². The molecule has 3 fully saturated rings. The van der Waals surface area contributed by atoms with Crippen LogP contribution in [0.5, 0.6) is 0 Å². The van der Waals surface area contributed by atoms with Crippen LogP contribution in [0.1, 0.15) is 68.9 Å². The SMILES string of the molecule is NC(=O)NCCNC(=O)[C@@H]1CC[C@@H]2CCN(CCOCCOCCOCCNc3cccc4c3C(=O)N(C3CCC(=O)NC3=O)C4=O)C[C@H](NC(=O)c3cc4cc(C(F)(F)P(=O)(O)O)ccc4[nH]3)C(=O)N21. The second-order valence-corrected chi connectivity index (χ2v) is 18.8. The number of nitrogens with one attached hydrogen (secondary N) is 6. The summed E-state index contributed by atoms with van der Waals surface area (Å²) in [6.45, 7) is 2.64. The number of nitrogens with two attached hydrogens (primary N) is 1. The van der Waals surface area contributed by atoms with Crippen LogP contribution in [-0.2, 0) is 43.6 Å². The number of carbonyl (C=O) groups is 8. The molecular weight excluding hydrogens is 962 g/mol. The maximum atomic E-state index is 14.5. The van der Waals surface area contributed by atoms with Crippen LogP contribution in [0.3, 0.4) is 0 Å². The van der Waals surface area contributed by atoms with Crippen molar-refractivity contribution in [3.8, 4) is 0 Å². The molecule has 7 rings (SSSR count). The molecule has 71 heavy (non-hydrogen) atoms. The number of urea groups is 1. The van der Waals surface area contributed by atoms with E-state index in [1.165, 1.54) is 17.0 Å². The first-order valence-electron chi connectivity index (χ1n) is 22.9. The number of rotatable bonds is 22. The van der Waals surface area contributed by atoms with Gasteiger partial charge in [0.05, 0.1) is 50.8 Å². The molecule has 0 saturated carbocycles. The van der Waals surface area contributed by atoms with Crippen molar-refractivity contribution in [3.05, 3.63) is 64.8 Å². The second kappa shape index (κ2) is 22.8. The van der Waals surface area contributed by atoms with Gasteiger partial charge < -0.3 is 60.9 Å². The highest BCUT2D eigenvalue weighted by atomic mass is 31.2. The van der Waals surface area contributed by atoms with E-state index in [9.17, 15) is 61.5 Å². The molecule has 0 aliphatic carbocycles. The maximum absolute atomic E-state index is 14.5. The average molecular weight is 1020 g/mol. The summed E-state index contributed by atoms with van der Waals surface area (Å²) in [6, 6.07) is 4.59. The van der Waals surface area contributed by atoms with Crippen LogP contribution in [-0.4, -0.2) is 180 Å². The van der Waals surface area contributed by atoms with Gasteiger partial charge in [-0.25, -0.2) is 4.79 Å². The number of ether oxygens (including phenoxy) is 3. The molecule has 4 aliphatic rings. The maximum Gasteiger partial charge on any atom is 0.399 e. The summed E-state index contributed by atoms with van der Waals surface area (Å²) in [5, 5.41) is 13.2. The Morgan fingerprint density at radius 3 is 2.30 bits per heavy atom. The van der Waals surface area contributed by atoms with Crippen molar-refractivity contribution in [2.24, 2.45) is 5.73 Å². The Hall–Kier alpha value is -6.41. The van der Waals surface area contributed by atoms with E-state index in [0.29, 0.717) is 38.0 Å². The van der Waals surface area contributed by atoms with E-state index >= 15 is 0 Å². The molecule has 1 unspecified atom stereocenters. The van der Waals surface area contributed by atoms with Gasteiger partial charge in [0.25, 0.3) is 17.7 Å². The Balaban J connectivity index is 0.871. The van der Waals surface area contributed by atoms with Gasteiger partial charge >= 0.3 is 19.3 Å². The van der Waals surface area contributed by atoms with E-state index < -0.39 is 84.3 Å². The molecule has 2 aromatic carbocycles. The van der Waals surface area contributed by atoms with Gasteiger partial charge in [-0.2, -0.15) is 8.78 Å². The number of alkyl halides is 2. The zero-order valence-corrected chi connectivity index (χ0v) is 39.2. The summed E-state index contributed by atoms with van der Waals surface area (Å²) in [5.41, 5.74) is 0.475. The number of fused-ring (bicyclic) bond motifs is 3. The van der Waals surface area contributed by atoms with Crippen LogP contribution in [0.15, 0.2) is 42.5 Å². The molecule has 27 heteroatoms. The number of primary amides is 1. The molecule has 3 aromatic rings. The fraction of sp³-hybridized carbons (Fsp3) is 0.500. The number of aromatic nitrogens is 1. The molecule has 10 N–H and O–H groups in total. The second-order valence-electron chi connectivity index (χ2n) is 17.2. The molecule has 3 saturated heterocycles. The van der Waals surface area contributed by atoms with E-state index in [2.05, 4.69) is 31.6 Å². The third kappa shape index (κ3) is 12.2. The fourth-order valence-corrected chi connectivity index (χ4v) is 9.47. The summed E-state index contributed by atoms with van der Waals surface area (Å²) in [4.78, 5) is 128. The molecule has 9 amide bonds. The highest BCUT2D eigenvalue weighted by molar-refractivity contribution is 7.52. The van der Waals surface area contributed by atoms with Gasteiger partial charge in [-0.15, -0.1) is 0 Å². The fourth-order valence-electron chi connectivity index (χ4n) is 9.00. The van der Waals surface area contributed by atoms with E-state index in [1.54, 1.807) is 12.1 Å². The number of H-pyrrole nitrogens is 1. The van der Waals surface area contributed by atoms with Gasteiger partial charge in [0.2, 0.25) is 23.6 Å². The van der Waals surface area contributed by atoms with Crippen molar-refractivity contribution in [3.63, 3.8) is 0 Å². The molecule has 24 nitrogen and oxygen atoms in total. The highest BCUT2D eigenvalue weighted by Gasteiger charge is 2.51. The molecule has 5 heterocycles. The zero-order valence-electron chi connectivity index (χ0n) is 38.3. The topological polar surface area (TPSA) is 333 Å². The largest absolute Gasteiger partial charge is 0.399 e. The summed E-state index contributed by atoms with van der Waals surface area (Å²) in [7, 11) is -5.87. The van der Waals surface area contributed by atoms with Crippen LogP contribution in [0, 0.1) is 0 Å². The summed E-state index contributed by atoms with van der Waals surface area (Å²) < 4.78 is 57.6. The van der Waals surface area contributed by atoms with Crippen molar-refractivity contribution in [1.82, 2.24) is 41.0 Å². The molecular formula is C44H55F2N10O14P. The number of hydrogen-bond acceptors (Lipinski definition) is 14. The first-order chi connectivity index (χ1) is 33.8. The Morgan fingerprint density at radius 2 is 1.58 bits per heavy atom. The Kier molecular flexibility index (Phi) is 16.8. The minimum Gasteiger partial charge on any atom is -0.382 e. The minimum absolute atomic E-state index is 0.0115. The number of halogens is 2. The Morgan fingerprint density at radius 1 is 0.859 bits per heavy atom. The van der Waals surface area contributed by atoms with E-state index in [4.69, 9.17) is 19.9 Å². The van der Waals surface area contributed by atoms with Crippen LogP contribution in [0.4, 0.5) is 19.3 Å². The van der Waals surface area contributed by atoms with E-state index in [1.807, 2.05) is 4.90 Å². The smallest absolute Gasteiger partial charge is 0.382 e. The predicted octanol–water partition coefficient (Wildman–Crippen LogP) is -0.0938. The van der Waals surface area contributed by atoms with Gasteiger partial charge in [-0.05, 0) is 56.0 Å². The summed E-state index contributed by atoms with van der Waals surface area (Å²) in [5.74, 6) is -4.13. The normalized spacial score (nSPS) is 20.9. The average Bonchev–Trinajstić information content (AvgIpc) is 4.02. The lowest BCUT2D eigenvalue weighted by Crippen LogP contribution is -2.61. The first kappa shape index (κ1) is 52.4. The Labute approximate surface area is 404 Å². The van der Waals surface area contributed by atoms with Crippen LogP contribution in [0.25, 0.3) is 10.9 Å². The quantitative estimate of drug-likeness (QED) is 0.0361. The molecule has 0 spiro atoms. The van der Waals surface area contributed by atoms with Crippen LogP contribution >= 0.6 is 7.60 Å². The molecule has 384 valence electrons. The monoisotopic (exact) mass is 1020 g/mol. The Bertz CT molecular complexity index is 2600. The zero-order chi connectivity index (χ0) is 51.0. The first-order valence-corrected chi connectivity index (χ1v) is 24.5. The van der Waals surface area contributed by atoms with Crippen molar-refractivity contribution in [2.45, 2.75) is 61.9 Å². The lowest BCUT2D eigenvalue weighted by molar-refractivity contribution is -0.143. The van der Waals surface area contributed by atoms with Gasteiger partial charge in [-0.3, -0.25) is 53.2 Å². The van der Waals surface area contributed by atoms with Crippen molar-refractivity contribution < 1.29 is 75.7 Å². The number of nitrogens with zero attached hydrogens (tertiary/aromatic N) is 3. The number of aromatic amines is 1. The summed E-state index contributed by atoms with van der Waals surface area (Å²) >= 11 is 0. The number of imide groups is 2. The van der Waals surface area contributed by atoms with Gasteiger partial charge in [0, 0.05) is 73.9 Å². The lowest BCUT2D eigenvalue weighted by Gasteiger charge is -2.38. The molecule has 4 aliphatic heterocycles. The summed E-state index contributed by atoms with van der Waals surface area (Å²) in [6.07, 6.45) is 1.42. The van der Waals surface area contributed by atoms with Crippen LogP contribution < -0.4 is 32.3 Å². The molecule has 0 radical (unpaired) electrons. The number of anilines is 1. The molecule has 4 atom stereocenters. The van der Waals surface area contributed by atoms with Crippen molar-refractivity contribution in [1.29, 1.82) is 0 Å². The van der Waals surface area contributed by atoms with Gasteiger partial charge in [0.15, 0.2) is 0 Å². The van der Waals surface area contributed by atoms with Gasteiger partial charge in [0.1, 0.15) is 23.8 Å². The lowest BCUT2D eigenvalue weighted by atomic mass is 10.0. The highest BCUT2D eigenvalue weighted by Crippen LogP contribution is 2.59. The van der Waals surface area contributed by atoms with Crippen LogP contribution in [0.2, 0.25) is 0 Å². The van der Waals surface area contributed by atoms with Crippen molar-refractivity contribution >= 4 is 71.6 Å². The molecule has 1 aromatic heterocycles. The number of benzene rings is 2. The predicted molar refractivity (Wildman–Crippen MR) is 245 cm³/mol. The standard InChI is InChI=1S/C44H55F2N10O14P/c45-44(46,71(65,66)67)26-4-6-29-25(22-26)23-31(51-29)37(58)52-32-24-54(14-10-27-5-7-33(55(27)41(32)62)38(59)49-11-12-50-43(47)64)15-17-69-19-21-70-20-18-68-16-13-48-30-3-1-2-28-36(30)42(63)56(40(28)61)34-8-9-35(57)53-39(34)60/h1-4,6,22-23,27,32-34,48,51H,5,7-21,24H2,(H,49,59)(H,52,58)(H3,47,50,64)(H,53,57,60)(H2,65,66,67)/t27-,32+,33+,34?/m1/s1. The minimum atomic E-state index is -5.87. The molecule has 0 bridgehead atoms. The number of hydrogen-bond donors (Lipinski definition) is 9. The number of piperidine rings is 1.